The van der Waals surface area contributed by atoms with E-state index in [-0.39, 0.29) is 27.1 Å². The highest BCUT2D eigenvalue weighted by atomic mass is 32.2. The molecule has 2 aromatic heterocycles. The molecule has 0 unspecified atom stereocenters. The molecule has 0 atom stereocenters. The SMILES string of the molecule is Cc1csc(NS(=O)(=O)c2c(C)oc(C)c2C(=O)O)n1. The number of aromatic nitrogens is 1. The molecule has 0 fully saturated rings. The number of nitrogens with zero attached hydrogens (tertiary/aromatic N) is 1. The Labute approximate surface area is 119 Å². The Kier molecular flexibility index (Phi) is 3.57. The van der Waals surface area contributed by atoms with Gasteiger partial charge in [0.1, 0.15) is 22.0 Å². The first-order valence-electron chi connectivity index (χ1n) is 5.50. The molecule has 2 rings (SSSR count). The number of rotatable bonds is 4. The molecule has 0 saturated heterocycles. The van der Waals surface area contributed by atoms with Crippen molar-refractivity contribution < 1.29 is 22.7 Å². The number of thiazole rings is 1. The van der Waals surface area contributed by atoms with Crippen LogP contribution in [0.2, 0.25) is 0 Å². The van der Waals surface area contributed by atoms with E-state index in [1.807, 2.05) is 0 Å². The van der Waals surface area contributed by atoms with Crippen LogP contribution in [0.15, 0.2) is 14.7 Å². The highest BCUT2D eigenvalue weighted by Gasteiger charge is 2.31. The summed E-state index contributed by atoms with van der Waals surface area (Å²) in [6.45, 7) is 4.54. The minimum Gasteiger partial charge on any atom is -0.478 e. The normalized spacial score (nSPS) is 11.6. The Bertz CT molecular complexity index is 773. The van der Waals surface area contributed by atoms with Gasteiger partial charge >= 0.3 is 5.97 Å². The van der Waals surface area contributed by atoms with Crippen LogP contribution in [0.5, 0.6) is 0 Å². The molecule has 0 saturated carbocycles. The quantitative estimate of drug-likeness (QED) is 0.894. The Morgan fingerprint density at radius 3 is 2.50 bits per heavy atom. The van der Waals surface area contributed by atoms with Gasteiger partial charge in [0.2, 0.25) is 0 Å². The summed E-state index contributed by atoms with van der Waals surface area (Å²) in [5.41, 5.74) is 0.314. The van der Waals surface area contributed by atoms with Crippen LogP contribution < -0.4 is 4.72 Å². The Balaban J connectivity index is 2.52. The maximum atomic E-state index is 12.3. The summed E-state index contributed by atoms with van der Waals surface area (Å²) < 4.78 is 32.0. The number of hydrogen-bond donors (Lipinski definition) is 2. The van der Waals surface area contributed by atoms with Crippen molar-refractivity contribution in [1.82, 2.24) is 4.98 Å². The zero-order valence-corrected chi connectivity index (χ0v) is 12.6. The summed E-state index contributed by atoms with van der Waals surface area (Å²) in [4.78, 5) is 14.8. The van der Waals surface area contributed by atoms with E-state index in [0.29, 0.717) is 5.69 Å². The smallest absolute Gasteiger partial charge is 0.340 e. The molecular formula is C11H12N2O5S2. The van der Waals surface area contributed by atoms with Crippen LogP contribution in [-0.4, -0.2) is 24.5 Å². The van der Waals surface area contributed by atoms with Gasteiger partial charge in [0.25, 0.3) is 10.0 Å². The summed E-state index contributed by atoms with van der Waals surface area (Å²) in [6, 6.07) is 0. The fourth-order valence-electron chi connectivity index (χ4n) is 1.80. The number of carboxylic acids is 1. The Morgan fingerprint density at radius 2 is 2.00 bits per heavy atom. The second-order valence-electron chi connectivity index (χ2n) is 4.12. The van der Waals surface area contributed by atoms with Gasteiger partial charge in [0.15, 0.2) is 5.13 Å². The van der Waals surface area contributed by atoms with Gasteiger partial charge in [-0.2, -0.15) is 0 Å². The van der Waals surface area contributed by atoms with Crippen molar-refractivity contribution in [3.63, 3.8) is 0 Å². The number of sulfonamides is 1. The molecule has 2 N–H and O–H groups in total. The van der Waals surface area contributed by atoms with Gasteiger partial charge in [-0.15, -0.1) is 11.3 Å². The van der Waals surface area contributed by atoms with Crippen molar-refractivity contribution in [2.75, 3.05) is 4.72 Å². The lowest BCUT2D eigenvalue weighted by molar-refractivity contribution is 0.0691. The molecule has 0 aromatic carbocycles. The van der Waals surface area contributed by atoms with Crippen LogP contribution in [0.4, 0.5) is 5.13 Å². The first-order chi connectivity index (χ1) is 9.22. The molecule has 0 radical (unpaired) electrons. The lowest BCUT2D eigenvalue weighted by Gasteiger charge is -2.05. The average Bonchev–Trinajstić information content (AvgIpc) is 2.81. The largest absolute Gasteiger partial charge is 0.478 e. The molecule has 108 valence electrons. The molecule has 0 amide bonds. The van der Waals surface area contributed by atoms with Crippen molar-refractivity contribution in [2.45, 2.75) is 25.7 Å². The molecule has 20 heavy (non-hydrogen) atoms. The molecule has 0 aliphatic carbocycles. The fourth-order valence-corrected chi connectivity index (χ4v) is 4.15. The van der Waals surface area contributed by atoms with Crippen LogP contribution >= 0.6 is 11.3 Å². The van der Waals surface area contributed by atoms with E-state index in [1.54, 1.807) is 12.3 Å². The van der Waals surface area contributed by atoms with Crippen LogP contribution in [0.1, 0.15) is 27.6 Å². The van der Waals surface area contributed by atoms with Crippen molar-refractivity contribution >= 4 is 32.5 Å². The van der Waals surface area contributed by atoms with Gasteiger partial charge in [-0.3, -0.25) is 4.72 Å². The van der Waals surface area contributed by atoms with Crippen LogP contribution in [-0.2, 0) is 10.0 Å². The Hall–Kier alpha value is -1.87. The molecule has 0 aliphatic rings. The first kappa shape index (κ1) is 14.5. The molecule has 0 bridgehead atoms. The maximum Gasteiger partial charge on any atom is 0.340 e. The fraction of sp³-hybridized carbons (Fsp3) is 0.273. The topological polar surface area (TPSA) is 110 Å². The average molecular weight is 316 g/mol. The maximum absolute atomic E-state index is 12.3. The van der Waals surface area contributed by atoms with Crippen LogP contribution in [0.25, 0.3) is 0 Å². The van der Waals surface area contributed by atoms with E-state index in [2.05, 4.69) is 9.71 Å². The molecule has 0 spiro atoms. The molecule has 7 nitrogen and oxygen atoms in total. The third-order valence-corrected chi connectivity index (χ3v) is 5.02. The van der Waals surface area contributed by atoms with Gasteiger partial charge in [-0.1, -0.05) is 0 Å². The third kappa shape index (κ3) is 2.54. The summed E-state index contributed by atoms with van der Waals surface area (Å²) in [7, 11) is -4.06. The number of nitrogens with one attached hydrogen (secondary N) is 1. The molecular weight excluding hydrogens is 304 g/mol. The minimum atomic E-state index is -4.06. The second kappa shape index (κ2) is 4.91. The summed E-state index contributed by atoms with van der Waals surface area (Å²) in [5, 5.41) is 11.0. The highest BCUT2D eigenvalue weighted by Crippen LogP contribution is 2.29. The Morgan fingerprint density at radius 1 is 1.35 bits per heavy atom. The van der Waals surface area contributed by atoms with Crippen molar-refractivity contribution in [1.29, 1.82) is 0 Å². The lowest BCUT2D eigenvalue weighted by Crippen LogP contribution is -2.16. The van der Waals surface area contributed by atoms with E-state index in [1.165, 1.54) is 13.8 Å². The third-order valence-electron chi connectivity index (χ3n) is 2.53. The zero-order valence-electron chi connectivity index (χ0n) is 10.9. The number of furan rings is 1. The lowest BCUT2D eigenvalue weighted by atomic mass is 10.2. The standard InChI is InChI=1S/C11H12N2O5S2/c1-5-4-19-11(12-5)13-20(16,17)9-7(3)18-6(2)8(9)10(14)15/h4H,1-3H3,(H,12,13)(H,14,15). The summed E-state index contributed by atoms with van der Waals surface area (Å²) >= 11 is 1.12. The van der Waals surface area contributed by atoms with Crippen molar-refractivity contribution in [3.05, 3.63) is 28.2 Å². The molecule has 2 aromatic rings. The van der Waals surface area contributed by atoms with E-state index >= 15 is 0 Å². The number of carbonyl (C=O) groups is 1. The molecule has 9 heteroatoms. The summed E-state index contributed by atoms with van der Waals surface area (Å²) in [6.07, 6.45) is 0. The van der Waals surface area contributed by atoms with Gasteiger partial charge in [0.05, 0.1) is 5.69 Å². The van der Waals surface area contributed by atoms with E-state index in [9.17, 15) is 13.2 Å². The van der Waals surface area contributed by atoms with E-state index < -0.39 is 16.0 Å². The first-order valence-corrected chi connectivity index (χ1v) is 7.87. The van der Waals surface area contributed by atoms with Gasteiger partial charge in [-0.05, 0) is 20.8 Å². The summed E-state index contributed by atoms with van der Waals surface area (Å²) in [5.74, 6) is -1.28. The minimum absolute atomic E-state index is 0.0284. The van der Waals surface area contributed by atoms with Crippen molar-refractivity contribution in [2.24, 2.45) is 0 Å². The molecule has 2 heterocycles. The zero-order chi connectivity index (χ0) is 15.1. The number of aromatic carboxylic acids is 1. The van der Waals surface area contributed by atoms with E-state index in [0.717, 1.165) is 11.3 Å². The predicted octanol–water partition coefficient (Wildman–Crippen LogP) is 2.16. The number of carboxylic acid groups (broad SMARTS) is 1. The van der Waals surface area contributed by atoms with Gasteiger partial charge < -0.3 is 9.52 Å². The number of anilines is 1. The van der Waals surface area contributed by atoms with Gasteiger partial charge in [0, 0.05) is 5.38 Å². The van der Waals surface area contributed by atoms with Crippen LogP contribution in [0.3, 0.4) is 0 Å². The van der Waals surface area contributed by atoms with Crippen LogP contribution in [0, 0.1) is 20.8 Å². The number of hydrogen-bond acceptors (Lipinski definition) is 6. The van der Waals surface area contributed by atoms with E-state index in [4.69, 9.17) is 9.52 Å². The van der Waals surface area contributed by atoms with Crippen molar-refractivity contribution in [3.8, 4) is 0 Å². The second-order valence-corrected chi connectivity index (χ2v) is 6.60. The van der Waals surface area contributed by atoms with Gasteiger partial charge in [-0.25, -0.2) is 18.2 Å². The number of aryl methyl sites for hydroxylation is 3. The monoisotopic (exact) mass is 316 g/mol. The predicted molar refractivity (Wildman–Crippen MR) is 72.8 cm³/mol. The highest BCUT2D eigenvalue weighted by molar-refractivity contribution is 7.93. The molecule has 0 aliphatic heterocycles.